The van der Waals surface area contributed by atoms with Crippen LogP contribution in [-0.2, 0) is 10.0 Å². The zero-order valence-electron chi connectivity index (χ0n) is 11.6. The van der Waals surface area contributed by atoms with Gasteiger partial charge in [-0.05, 0) is 38.6 Å². The number of hydrogen-bond donors (Lipinski definition) is 3. The van der Waals surface area contributed by atoms with Crippen LogP contribution in [0.4, 0.5) is 5.69 Å². The van der Waals surface area contributed by atoms with E-state index in [0.717, 1.165) is 32.5 Å². The SMILES string of the molecule is CNS(=O)(=O)c1ccccc1NCCC1=CCNCC1. The van der Waals surface area contributed by atoms with Gasteiger partial charge in [0.05, 0.1) is 5.69 Å². The summed E-state index contributed by atoms with van der Waals surface area (Å²) in [5, 5.41) is 6.50. The third-order valence-electron chi connectivity index (χ3n) is 3.36. The molecule has 1 aromatic rings. The Morgan fingerprint density at radius 2 is 2.10 bits per heavy atom. The fourth-order valence-corrected chi connectivity index (χ4v) is 3.12. The lowest BCUT2D eigenvalue weighted by molar-refractivity contribution is 0.588. The van der Waals surface area contributed by atoms with Crippen LogP contribution >= 0.6 is 0 Å². The highest BCUT2D eigenvalue weighted by Crippen LogP contribution is 2.20. The Kier molecular flexibility index (Phi) is 5.17. The van der Waals surface area contributed by atoms with Crippen molar-refractivity contribution in [1.82, 2.24) is 10.0 Å². The molecule has 0 atom stereocenters. The second-order valence-corrected chi connectivity index (χ2v) is 6.55. The van der Waals surface area contributed by atoms with Crippen molar-refractivity contribution in [3.63, 3.8) is 0 Å². The van der Waals surface area contributed by atoms with Gasteiger partial charge in [0.1, 0.15) is 4.90 Å². The van der Waals surface area contributed by atoms with Crippen molar-refractivity contribution in [2.24, 2.45) is 0 Å². The van der Waals surface area contributed by atoms with Crippen LogP contribution < -0.4 is 15.4 Å². The summed E-state index contributed by atoms with van der Waals surface area (Å²) in [6.07, 6.45) is 4.22. The van der Waals surface area contributed by atoms with E-state index < -0.39 is 10.0 Å². The first kappa shape index (κ1) is 15.0. The normalized spacial score (nSPS) is 15.8. The van der Waals surface area contributed by atoms with Gasteiger partial charge in [0.25, 0.3) is 0 Å². The Labute approximate surface area is 120 Å². The van der Waals surface area contributed by atoms with Gasteiger partial charge in [0.2, 0.25) is 10.0 Å². The molecule has 1 aliphatic heterocycles. The molecule has 0 aliphatic carbocycles. The Bertz CT molecular complexity index is 582. The van der Waals surface area contributed by atoms with E-state index in [-0.39, 0.29) is 0 Å². The van der Waals surface area contributed by atoms with Crippen LogP contribution in [0.5, 0.6) is 0 Å². The third-order valence-corrected chi connectivity index (χ3v) is 4.84. The molecule has 0 spiro atoms. The minimum atomic E-state index is -3.42. The molecule has 1 aromatic carbocycles. The summed E-state index contributed by atoms with van der Waals surface area (Å²) in [4.78, 5) is 0.293. The number of sulfonamides is 1. The van der Waals surface area contributed by atoms with Crippen molar-refractivity contribution in [3.05, 3.63) is 35.9 Å². The molecule has 0 aromatic heterocycles. The lowest BCUT2D eigenvalue weighted by Crippen LogP contribution is -2.22. The fraction of sp³-hybridized carbons (Fsp3) is 0.429. The van der Waals surface area contributed by atoms with Crippen molar-refractivity contribution in [2.75, 3.05) is 32.0 Å². The molecule has 0 radical (unpaired) electrons. The average Bonchev–Trinajstić information content (AvgIpc) is 2.49. The molecule has 20 heavy (non-hydrogen) atoms. The van der Waals surface area contributed by atoms with Crippen molar-refractivity contribution >= 4 is 15.7 Å². The number of benzene rings is 1. The maximum Gasteiger partial charge on any atom is 0.242 e. The molecular formula is C14H21N3O2S. The van der Waals surface area contributed by atoms with Gasteiger partial charge < -0.3 is 10.6 Å². The first-order chi connectivity index (χ1) is 9.63. The molecule has 0 amide bonds. The van der Waals surface area contributed by atoms with E-state index in [9.17, 15) is 8.42 Å². The summed E-state index contributed by atoms with van der Waals surface area (Å²) < 4.78 is 26.2. The molecular weight excluding hydrogens is 274 g/mol. The van der Waals surface area contributed by atoms with Gasteiger partial charge in [-0.2, -0.15) is 0 Å². The Hall–Kier alpha value is -1.37. The maximum atomic E-state index is 11.9. The van der Waals surface area contributed by atoms with Crippen LogP contribution in [0.25, 0.3) is 0 Å². The number of rotatable bonds is 6. The molecule has 0 saturated carbocycles. The molecule has 3 N–H and O–H groups in total. The van der Waals surface area contributed by atoms with Gasteiger partial charge in [-0.1, -0.05) is 23.8 Å². The Morgan fingerprint density at radius 1 is 1.30 bits per heavy atom. The van der Waals surface area contributed by atoms with Crippen LogP contribution in [0, 0.1) is 0 Å². The standard InChI is InChI=1S/C14H21N3O2S/c1-15-20(18,19)14-5-3-2-4-13(14)17-11-8-12-6-9-16-10-7-12/h2-6,15-17H,7-11H2,1H3. The summed E-state index contributed by atoms with van der Waals surface area (Å²) in [5.74, 6) is 0. The number of para-hydroxylation sites is 1. The molecule has 5 nitrogen and oxygen atoms in total. The number of hydrogen-bond acceptors (Lipinski definition) is 4. The predicted molar refractivity (Wildman–Crippen MR) is 81.4 cm³/mol. The summed E-state index contributed by atoms with van der Waals surface area (Å²) in [6.45, 7) is 2.69. The van der Waals surface area contributed by atoms with E-state index in [1.54, 1.807) is 18.2 Å². The lowest BCUT2D eigenvalue weighted by atomic mass is 10.1. The van der Waals surface area contributed by atoms with E-state index in [0.29, 0.717) is 10.6 Å². The van der Waals surface area contributed by atoms with Gasteiger partial charge in [-0.15, -0.1) is 0 Å². The Morgan fingerprint density at radius 3 is 2.80 bits per heavy atom. The van der Waals surface area contributed by atoms with E-state index in [1.165, 1.54) is 12.6 Å². The minimum absolute atomic E-state index is 0.293. The summed E-state index contributed by atoms with van der Waals surface area (Å²) >= 11 is 0. The van der Waals surface area contributed by atoms with Crippen molar-refractivity contribution in [2.45, 2.75) is 17.7 Å². The van der Waals surface area contributed by atoms with Crippen molar-refractivity contribution < 1.29 is 8.42 Å². The first-order valence-corrected chi connectivity index (χ1v) is 8.27. The fourth-order valence-electron chi connectivity index (χ4n) is 2.21. The molecule has 110 valence electrons. The molecule has 1 aliphatic rings. The van der Waals surface area contributed by atoms with Crippen LogP contribution in [0.2, 0.25) is 0 Å². The second kappa shape index (κ2) is 6.88. The van der Waals surface area contributed by atoms with Gasteiger partial charge in [-0.25, -0.2) is 13.1 Å². The second-order valence-electron chi connectivity index (χ2n) is 4.70. The van der Waals surface area contributed by atoms with Crippen LogP contribution in [0.1, 0.15) is 12.8 Å². The lowest BCUT2D eigenvalue weighted by Gasteiger charge is -2.16. The highest BCUT2D eigenvalue weighted by Gasteiger charge is 2.15. The Balaban J connectivity index is 2.01. The van der Waals surface area contributed by atoms with Gasteiger partial charge in [0.15, 0.2) is 0 Å². The van der Waals surface area contributed by atoms with Gasteiger partial charge in [0, 0.05) is 13.1 Å². The van der Waals surface area contributed by atoms with Crippen LogP contribution in [-0.4, -0.2) is 35.1 Å². The zero-order chi connectivity index (χ0) is 14.4. The summed E-state index contributed by atoms with van der Waals surface area (Å²) in [6, 6.07) is 6.96. The first-order valence-electron chi connectivity index (χ1n) is 6.78. The number of anilines is 1. The molecule has 6 heteroatoms. The van der Waals surface area contributed by atoms with E-state index in [4.69, 9.17) is 0 Å². The van der Waals surface area contributed by atoms with Gasteiger partial charge >= 0.3 is 0 Å². The molecule has 1 heterocycles. The quantitative estimate of drug-likeness (QED) is 0.692. The highest BCUT2D eigenvalue weighted by molar-refractivity contribution is 7.89. The van der Waals surface area contributed by atoms with Crippen LogP contribution in [0.3, 0.4) is 0 Å². The smallest absolute Gasteiger partial charge is 0.242 e. The van der Waals surface area contributed by atoms with E-state index >= 15 is 0 Å². The number of nitrogens with one attached hydrogen (secondary N) is 3. The van der Waals surface area contributed by atoms with Crippen molar-refractivity contribution in [1.29, 1.82) is 0 Å². The average molecular weight is 295 g/mol. The van der Waals surface area contributed by atoms with E-state index in [2.05, 4.69) is 21.4 Å². The molecule has 0 unspecified atom stereocenters. The van der Waals surface area contributed by atoms with E-state index in [1.807, 2.05) is 6.07 Å². The zero-order valence-corrected chi connectivity index (χ0v) is 12.5. The highest BCUT2D eigenvalue weighted by atomic mass is 32.2. The predicted octanol–water partition coefficient (Wildman–Crippen LogP) is 1.32. The third kappa shape index (κ3) is 3.82. The largest absolute Gasteiger partial charge is 0.384 e. The topological polar surface area (TPSA) is 70.2 Å². The maximum absolute atomic E-state index is 11.9. The molecule has 0 bridgehead atoms. The molecule has 2 rings (SSSR count). The molecule has 0 saturated heterocycles. The molecule has 0 fully saturated rings. The summed E-state index contributed by atoms with van der Waals surface area (Å²) in [7, 11) is -2.00. The summed E-state index contributed by atoms with van der Waals surface area (Å²) in [5.41, 5.74) is 2.07. The van der Waals surface area contributed by atoms with Crippen molar-refractivity contribution in [3.8, 4) is 0 Å². The van der Waals surface area contributed by atoms with Gasteiger partial charge in [-0.3, -0.25) is 0 Å². The monoisotopic (exact) mass is 295 g/mol. The van der Waals surface area contributed by atoms with Crippen LogP contribution in [0.15, 0.2) is 40.8 Å². The minimum Gasteiger partial charge on any atom is -0.384 e.